The van der Waals surface area contributed by atoms with Crippen molar-refractivity contribution in [3.63, 3.8) is 0 Å². The highest BCUT2D eigenvalue weighted by molar-refractivity contribution is 6.30. The van der Waals surface area contributed by atoms with Gasteiger partial charge in [-0.2, -0.15) is 0 Å². The minimum Gasteiger partial charge on any atom is -0.296 e. The second-order valence-corrected chi connectivity index (χ2v) is 6.14. The normalized spacial score (nSPS) is 11.1. The molecule has 0 atom stereocenters. The van der Waals surface area contributed by atoms with E-state index < -0.39 is 0 Å². The Bertz CT molecular complexity index is 1080. The molecule has 0 aliphatic carbocycles. The van der Waals surface area contributed by atoms with E-state index in [1.165, 1.54) is 10.1 Å². The van der Waals surface area contributed by atoms with Crippen molar-refractivity contribution in [3.05, 3.63) is 81.7 Å². The van der Waals surface area contributed by atoms with Crippen LogP contribution in [0.25, 0.3) is 28.0 Å². The van der Waals surface area contributed by atoms with Crippen LogP contribution >= 0.6 is 11.6 Å². The van der Waals surface area contributed by atoms with Crippen LogP contribution in [0.2, 0.25) is 5.02 Å². The molecule has 0 radical (unpaired) electrons. The van der Waals surface area contributed by atoms with E-state index >= 15 is 0 Å². The molecule has 5 heteroatoms. The number of fused-ring (bicyclic) bond motifs is 1. The minimum atomic E-state index is -0.143. The molecule has 0 aliphatic heterocycles. The highest BCUT2D eigenvalue weighted by Gasteiger charge is 2.11. The molecule has 0 spiro atoms. The van der Waals surface area contributed by atoms with Crippen molar-refractivity contribution in [2.45, 2.75) is 6.92 Å². The van der Waals surface area contributed by atoms with Gasteiger partial charge in [-0.25, -0.2) is 9.50 Å². The Labute approximate surface area is 143 Å². The van der Waals surface area contributed by atoms with Crippen molar-refractivity contribution < 1.29 is 0 Å². The Morgan fingerprint density at radius 3 is 2.38 bits per heavy atom. The van der Waals surface area contributed by atoms with Gasteiger partial charge >= 0.3 is 0 Å². The Hall–Kier alpha value is -2.85. The molecular weight excluding hydrogens is 322 g/mol. The summed E-state index contributed by atoms with van der Waals surface area (Å²) in [5.41, 5.74) is 5.01. The summed E-state index contributed by atoms with van der Waals surface area (Å²) in [6.07, 6.45) is 1.78. The number of hydrogen-bond donors (Lipinski definition) is 1. The van der Waals surface area contributed by atoms with Crippen molar-refractivity contribution in [1.82, 2.24) is 14.6 Å². The van der Waals surface area contributed by atoms with Gasteiger partial charge < -0.3 is 0 Å². The Balaban J connectivity index is 1.93. The molecule has 2 heterocycles. The molecular formula is C19H14ClN3O. The Morgan fingerprint density at radius 2 is 1.67 bits per heavy atom. The van der Waals surface area contributed by atoms with Crippen molar-refractivity contribution in [2.24, 2.45) is 0 Å². The summed E-state index contributed by atoms with van der Waals surface area (Å²) in [5, 5.41) is 3.64. The van der Waals surface area contributed by atoms with Gasteiger partial charge in [-0.3, -0.25) is 9.89 Å². The lowest BCUT2D eigenvalue weighted by molar-refractivity contribution is 0.901. The number of H-pyrrole nitrogens is 1. The summed E-state index contributed by atoms with van der Waals surface area (Å²) in [6, 6.07) is 17.0. The van der Waals surface area contributed by atoms with Gasteiger partial charge in [0, 0.05) is 28.4 Å². The van der Waals surface area contributed by atoms with Gasteiger partial charge in [0.05, 0.1) is 5.69 Å². The number of rotatable bonds is 2. The molecule has 1 N–H and O–H groups in total. The average Bonchev–Trinajstić information content (AvgIpc) is 3.01. The van der Waals surface area contributed by atoms with Crippen LogP contribution in [0, 0.1) is 6.92 Å². The summed E-state index contributed by atoms with van der Waals surface area (Å²) < 4.78 is 1.45. The van der Waals surface area contributed by atoms with Gasteiger partial charge in [0.2, 0.25) is 0 Å². The topological polar surface area (TPSA) is 50.2 Å². The van der Waals surface area contributed by atoms with E-state index in [0.29, 0.717) is 16.4 Å². The molecule has 0 saturated carbocycles. The Kier molecular flexibility index (Phi) is 3.47. The smallest absolute Gasteiger partial charge is 0.273 e. The highest BCUT2D eigenvalue weighted by Crippen LogP contribution is 2.26. The van der Waals surface area contributed by atoms with Crippen molar-refractivity contribution in [1.29, 1.82) is 0 Å². The molecule has 0 bridgehead atoms. The van der Waals surface area contributed by atoms with Crippen LogP contribution < -0.4 is 5.56 Å². The molecule has 0 amide bonds. The zero-order valence-electron chi connectivity index (χ0n) is 13.0. The number of halogens is 1. The van der Waals surface area contributed by atoms with Crippen LogP contribution in [-0.4, -0.2) is 14.6 Å². The maximum absolute atomic E-state index is 12.4. The predicted octanol–water partition coefficient (Wildman–Crippen LogP) is 4.32. The molecule has 118 valence electrons. The number of nitrogens with one attached hydrogen (secondary N) is 1. The Morgan fingerprint density at radius 1 is 1.00 bits per heavy atom. The molecule has 0 fully saturated rings. The maximum atomic E-state index is 12.4. The monoisotopic (exact) mass is 335 g/mol. The summed E-state index contributed by atoms with van der Waals surface area (Å²) in [5.74, 6) is 0. The predicted molar refractivity (Wildman–Crippen MR) is 96.4 cm³/mol. The third kappa shape index (κ3) is 2.51. The maximum Gasteiger partial charge on any atom is 0.273 e. The van der Waals surface area contributed by atoms with Crippen LogP contribution in [0.3, 0.4) is 0 Å². The van der Waals surface area contributed by atoms with Gasteiger partial charge in [-0.15, -0.1) is 0 Å². The number of aryl methyl sites for hydroxylation is 1. The molecule has 2 aromatic carbocycles. The molecule has 0 saturated heterocycles. The van der Waals surface area contributed by atoms with E-state index in [9.17, 15) is 4.79 Å². The van der Waals surface area contributed by atoms with Crippen LogP contribution in [0.1, 0.15) is 5.56 Å². The molecule has 0 unspecified atom stereocenters. The first-order valence-corrected chi connectivity index (χ1v) is 7.94. The van der Waals surface area contributed by atoms with Gasteiger partial charge in [0.25, 0.3) is 5.56 Å². The second kappa shape index (κ2) is 5.65. The molecule has 24 heavy (non-hydrogen) atoms. The van der Waals surface area contributed by atoms with Crippen LogP contribution in [0.5, 0.6) is 0 Å². The summed E-state index contributed by atoms with van der Waals surface area (Å²) in [7, 11) is 0. The van der Waals surface area contributed by atoms with E-state index in [1.807, 2.05) is 55.5 Å². The van der Waals surface area contributed by atoms with E-state index in [2.05, 4.69) is 5.10 Å². The second-order valence-electron chi connectivity index (χ2n) is 5.70. The SMILES string of the molecule is Cc1ccc(-c2cc(=O)n3[nH]cc(-c4ccc(Cl)cc4)c3n2)cc1. The summed E-state index contributed by atoms with van der Waals surface area (Å²) >= 11 is 5.96. The molecule has 4 nitrogen and oxygen atoms in total. The number of aromatic nitrogens is 3. The standard InChI is InChI=1S/C19H14ClN3O/c1-12-2-4-14(5-3-12)17-10-18(24)23-19(22-17)16(11-21-23)13-6-8-15(20)9-7-13/h2-11,21H,1H3. The van der Waals surface area contributed by atoms with Crippen molar-refractivity contribution in [3.8, 4) is 22.4 Å². The van der Waals surface area contributed by atoms with Gasteiger partial charge in [0.1, 0.15) is 0 Å². The number of benzene rings is 2. The van der Waals surface area contributed by atoms with Crippen molar-refractivity contribution in [2.75, 3.05) is 0 Å². The molecule has 0 aliphatic rings. The van der Waals surface area contributed by atoms with E-state index in [4.69, 9.17) is 16.6 Å². The fourth-order valence-corrected chi connectivity index (χ4v) is 2.82. The number of aromatic amines is 1. The highest BCUT2D eigenvalue weighted by atomic mass is 35.5. The summed E-state index contributed by atoms with van der Waals surface area (Å²) in [6.45, 7) is 2.03. The molecule has 2 aromatic heterocycles. The van der Waals surface area contributed by atoms with E-state index in [1.54, 1.807) is 12.3 Å². The van der Waals surface area contributed by atoms with Gasteiger partial charge in [-0.05, 0) is 24.6 Å². The van der Waals surface area contributed by atoms with Crippen molar-refractivity contribution >= 4 is 17.2 Å². The van der Waals surface area contributed by atoms with Crippen LogP contribution in [0.4, 0.5) is 0 Å². The zero-order chi connectivity index (χ0) is 16.7. The first kappa shape index (κ1) is 14.7. The quantitative estimate of drug-likeness (QED) is 0.593. The van der Waals surface area contributed by atoms with E-state index in [-0.39, 0.29) is 5.56 Å². The number of nitrogens with zero attached hydrogens (tertiary/aromatic N) is 2. The zero-order valence-corrected chi connectivity index (χ0v) is 13.7. The van der Waals surface area contributed by atoms with Gasteiger partial charge in [-0.1, -0.05) is 53.6 Å². The minimum absolute atomic E-state index is 0.143. The largest absolute Gasteiger partial charge is 0.296 e. The fraction of sp³-hybridized carbons (Fsp3) is 0.0526. The van der Waals surface area contributed by atoms with E-state index in [0.717, 1.165) is 16.7 Å². The first-order valence-electron chi connectivity index (χ1n) is 7.56. The van der Waals surface area contributed by atoms with Gasteiger partial charge in [0.15, 0.2) is 5.65 Å². The number of hydrogen-bond acceptors (Lipinski definition) is 2. The fourth-order valence-electron chi connectivity index (χ4n) is 2.70. The lowest BCUT2D eigenvalue weighted by Gasteiger charge is -2.04. The summed E-state index contributed by atoms with van der Waals surface area (Å²) in [4.78, 5) is 17.1. The third-order valence-corrected chi connectivity index (χ3v) is 4.25. The lowest BCUT2D eigenvalue weighted by Crippen LogP contribution is -2.14. The lowest BCUT2D eigenvalue weighted by atomic mass is 10.1. The third-order valence-electron chi connectivity index (χ3n) is 4.00. The first-order chi connectivity index (χ1) is 11.6. The molecule has 4 rings (SSSR count). The van der Waals surface area contributed by atoms with Crippen LogP contribution in [0.15, 0.2) is 65.6 Å². The molecule has 4 aromatic rings. The average molecular weight is 336 g/mol. The van der Waals surface area contributed by atoms with Crippen LogP contribution in [-0.2, 0) is 0 Å².